The summed E-state index contributed by atoms with van der Waals surface area (Å²) in [7, 11) is 1.58. The molecule has 172 valence electrons. The summed E-state index contributed by atoms with van der Waals surface area (Å²) in [6.07, 6.45) is 1.77. The Bertz CT molecular complexity index is 1180. The first-order valence-electron chi connectivity index (χ1n) is 10.4. The number of amides is 1. The number of ether oxygens (including phenoxy) is 1. The van der Waals surface area contributed by atoms with E-state index in [4.69, 9.17) is 28.6 Å². The number of thiophene rings is 1. The first-order chi connectivity index (χ1) is 15.7. The first-order valence-corrected chi connectivity index (χ1v) is 12.0. The summed E-state index contributed by atoms with van der Waals surface area (Å²) in [5, 5.41) is 6.96. The normalized spacial score (nSPS) is 18.2. The Balaban J connectivity index is 1.74. The van der Waals surface area contributed by atoms with Gasteiger partial charge < -0.3 is 20.3 Å². The van der Waals surface area contributed by atoms with Gasteiger partial charge in [-0.25, -0.2) is 0 Å². The molecule has 1 aliphatic heterocycles. The van der Waals surface area contributed by atoms with Crippen LogP contribution in [-0.4, -0.2) is 23.1 Å². The summed E-state index contributed by atoms with van der Waals surface area (Å²) < 4.78 is 6.32. The minimum absolute atomic E-state index is 0.0896. The van der Waals surface area contributed by atoms with Crippen molar-refractivity contribution >= 4 is 57.5 Å². The molecule has 1 aromatic carbocycles. The highest BCUT2D eigenvalue weighted by atomic mass is 35.5. The molecule has 0 unspecified atom stereocenters. The van der Waals surface area contributed by atoms with E-state index >= 15 is 0 Å². The van der Waals surface area contributed by atoms with E-state index in [-0.39, 0.29) is 18.0 Å². The Hall–Kier alpha value is -2.68. The van der Waals surface area contributed by atoms with Gasteiger partial charge in [-0.05, 0) is 48.6 Å². The molecule has 0 saturated carbocycles. The topological polar surface area (TPSA) is 66.5 Å². The zero-order valence-corrected chi connectivity index (χ0v) is 21.1. The first kappa shape index (κ1) is 23.5. The molecule has 4 rings (SSSR count). The Kier molecular flexibility index (Phi) is 6.61. The van der Waals surface area contributed by atoms with Crippen LogP contribution >= 0.6 is 35.2 Å². The molecule has 0 bridgehead atoms. The van der Waals surface area contributed by atoms with Crippen LogP contribution < -0.4 is 20.3 Å². The maximum Gasteiger partial charge on any atom is 0.229 e. The summed E-state index contributed by atoms with van der Waals surface area (Å²) in [4.78, 5) is 20.2. The second-order valence-electron chi connectivity index (χ2n) is 8.73. The van der Waals surface area contributed by atoms with Crippen molar-refractivity contribution in [2.24, 2.45) is 5.41 Å². The van der Waals surface area contributed by atoms with Crippen molar-refractivity contribution in [3.05, 3.63) is 69.6 Å². The molecule has 1 aliphatic rings. The van der Waals surface area contributed by atoms with Crippen molar-refractivity contribution in [2.45, 2.75) is 32.9 Å². The smallest absolute Gasteiger partial charge is 0.229 e. The number of methoxy groups -OCH3 is 1. The van der Waals surface area contributed by atoms with E-state index in [1.807, 2.05) is 69.3 Å². The van der Waals surface area contributed by atoms with Gasteiger partial charge in [0.1, 0.15) is 5.75 Å². The molecule has 1 amide bonds. The van der Waals surface area contributed by atoms with Crippen LogP contribution in [0.2, 0.25) is 4.34 Å². The van der Waals surface area contributed by atoms with E-state index in [1.165, 1.54) is 11.3 Å². The van der Waals surface area contributed by atoms with Crippen LogP contribution in [0.15, 0.2) is 54.7 Å². The number of pyridine rings is 1. The fourth-order valence-corrected chi connectivity index (χ4v) is 5.19. The van der Waals surface area contributed by atoms with Crippen LogP contribution in [0.5, 0.6) is 5.75 Å². The molecular formula is C24H25ClN4O2S2. The monoisotopic (exact) mass is 500 g/mol. The number of nitrogens with zero attached hydrogens (tertiary/aromatic N) is 2. The molecule has 2 N–H and O–H groups in total. The maximum atomic E-state index is 12.5. The second kappa shape index (κ2) is 9.29. The van der Waals surface area contributed by atoms with Crippen LogP contribution in [-0.2, 0) is 4.79 Å². The van der Waals surface area contributed by atoms with Gasteiger partial charge in [-0.15, -0.1) is 11.3 Å². The van der Waals surface area contributed by atoms with Gasteiger partial charge in [-0.2, -0.15) is 0 Å². The number of carbonyl (C=O) groups is 1. The number of rotatable bonds is 5. The minimum atomic E-state index is -0.524. The quantitative estimate of drug-likeness (QED) is 0.421. The molecule has 1 saturated heterocycles. The Morgan fingerprint density at radius 2 is 2.03 bits per heavy atom. The fraction of sp³-hybridized carbons (Fsp3) is 0.292. The number of benzene rings is 1. The van der Waals surface area contributed by atoms with E-state index in [1.54, 1.807) is 13.3 Å². The predicted molar refractivity (Wildman–Crippen MR) is 138 cm³/mol. The maximum absolute atomic E-state index is 12.5. The van der Waals surface area contributed by atoms with Gasteiger partial charge in [-0.1, -0.05) is 38.4 Å². The van der Waals surface area contributed by atoms with E-state index in [0.717, 1.165) is 16.3 Å². The van der Waals surface area contributed by atoms with Crippen molar-refractivity contribution < 1.29 is 9.53 Å². The molecule has 9 heteroatoms. The summed E-state index contributed by atoms with van der Waals surface area (Å²) in [6.45, 7) is 5.60. The highest BCUT2D eigenvalue weighted by Gasteiger charge is 2.41. The van der Waals surface area contributed by atoms with Gasteiger partial charge in [0.05, 0.1) is 34.9 Å². The van der Waals surface area contributed by atoms with Gasteiger partial charge in [0, 0.05) is 28.2 Å². The number of aromatic nitrogens is 1. The van der Waals surface area contributed by atoms with Crippen LogP contribution in [0, 0.1) is 5.41 Å². The third-order valence-electron chi connectivity index (χ3n) is 5.38. The third kappa shape index (κ3) is 4.83. The van der Waals surface area contributed by atoms with Gasteiger partial charge in [0.2, 0.25) is 5.91 Å². The molecule has 0 radical (unpaired) electrons. The zero-order valence-electron chi connectivity index (χ0n) is 18.8. The van der Waals surface area contributed by atoms with Crippen LogP contribution in [0.1, 0.15) is 43.4 Å². The van der Waals surface area contributed by atoms with Gasteiger partial charge >= 0.3 is 0 Å². The van der Waals surface area contributed by atoms with Crippen LogP contribution in [0.3, 0.4) is 0 Å². The number of nitrogens with one attached hydrogen (secondary N) is 2. The predicted octanol–water partition coefficient (Wildman–Crippen LogP) is 5.97. The zero-order chi connectivity index (χ0) is 23.8. The lowest BCUT2D eigenvalue weighted by molar-refractivity contribution is -0.123. The van der Waals surface area contributed by atoms with E-state index in [9.17, 15) is 4.79 Å². The summed E-state index contributed by atoms with van der Waals surface area (Å²) in [6, 6.07) is 15.1. The van der Waals surface area contributed by atoms with Crippen molar-refractivity contribution in [1.82, 2.24) is 10.3 Å². The fourth-order valence-electron chi connectivity index (χ4n) is 3.65. The minimum Gasteiger partial charge on any atom is -0.494 e. The Morgan fingerprint density at radius 3 is 2.64 bits per heavy atom. The number of hydrogen-bond donors (Lipinski definition) is 2. The van der Waals surface area contributed by atoms with Crippen molar-refractivity contribution in [1.29, 1.82) is 0 Å². The standard InChI is InChI=1S/C24H25ClN4O2S2/c1-24(2,3)22(30)27-15-9-8-14(13-17(15)31-4)29-21(18-10-11-19(25)33-18)20(28-23(29)32)16-7-5-6-12-26-16/h5-13,20-21H,1-4H3,(H,27,30)(H,28,32)/t20-,21-/m0/s1. The second-order valence-corrected chi connectivity index (χ2v) is 10.9. The number of thiocarbonyl (C=S) groups is 1. The van der Waals surface area contributed by atoms with Gasteiger partial charge in [-0.3, -0.25) is 9.78 Å². The molecule has 2 atom stereocenters. The molecule has 3 heterocycles. The third-order valence-corrected chi connectivity index (χ3v) is 6.99. The number of carbonyl (C=O) groups excluding carboxylic acids is 1. The number of hydrogen-bond acceptors (Lipinski definition) is 5. The van der Waals surface area contributed by atoms with Gasteiger partial charge in [0.25, 0.3) is 0 Å². The summed E-state index contributed by atoms with van der Waals surface area (Å²) in [5.41, 5.74) is 1.81. The molecule has 3 aromatic rings. The average Bonchev–Trinajstić information content (AvgIpc) is 3.36. The Labute approximate surface area is 207 Å². The van der Waals surface area contributed by atoms with Gasteiger partial charge in [0.15, 0.2) is 5.11 Å². The van der Waals surface area contributed by atoms with Crippen molar-refractivity contribution in [3.63, 3.8) is 0 Å². The molecule has 6 nitrogen and oxygen atoms in total. The van der Waals surface area contributed by atoms with Crippen LogP contribution in [0.4, 0.5) is 11.4 Å². The van der Waals surface area contributed by atoms with Crippen molar-refractivity contribution in [3.8, 4) is 5.75 Å². The van der Waals surface area contributed by atoms with E-state index in [0.29, 0.717) is 20.9 Å². The van der Waals surface area contributed by atoms with E-state index < -0.39 is 5.41 Å². The lowest BCUT2D eigenvalue weighted by atomic mass is 9.95. The lowest BCUT2D eigenvalue weighted by Crippen LogP contribution is -2.29. The average molecular weight is 501 g/mol. The molecule has 0 spiro atoms. The largest absolute Gasteiger partial charge is 0.494 e. The molecule has 1 fully saturated rings. The number of halogens is 1. The SMILES string of the molecule is COc1cc(N2C(=S)N[C@@H](c3ccccn3)[C@@H]2c2ccc(Cl)s2)ccc1NC(=O)C(C)(C)C. The Morgan fingerprint density at radius 1 is 1.24 bits per heavy atom. The highest BCUT2D eigenvalue weighted by Crippen LogP contribution is 2.45. The highest BCUT2D eigenvalue weighted by molar-refractivity contribution is 7.80. The summed E-state index contributed by atoms with van der Waals surface area (Å²) >= 11 is 13.6. The van der Waals surface area contributed by atoms with Crippen molar-refractivity contribution in [2.75, 3.05) is 17.3 Å². The molecule has 33 heavy (non-hydrogen) atoms. The van der Waals surface area contributed by atoms with E-state index in [2.05, 4.69) is 20.5 Å². The lowest BCUT2D eigenvalue weighted by Gasteiger charge is -2.27. The molecule has 2 aromatic heterocycles. The van der Waals surface area contributed by atoms with Crippen LogP contribution in [0.25, 0.3) is 0 Å². The molecule has 0 aliphatic carbocycles. The summed E-state index contributed by atoms with van der Waals surface area (Å²) in [5.74, 6) is 0.463. The molecular weight excluding hydrogens is 476 g/mol. The number of anilines is 2.